The fourth-order valence-electron chi connectivity index (χ4n) is 3.18. The summed E-state index contributed by atoms with van der Waals surface area (Å²) in [7, 11) is 1.52. The van der Waals surface area contributed by atoms with Crippen molar-refractivity contribution < 1.29 is 22.8 Å². The van der Waals surface area contributed by atoms with Crippen molar-refractivity contribution >= 4 is 11.8 Å². The van der Waals surface area contributed by atoms with Gasteiger partial charge in [-0.25, -0.2) is 4.79 Å². The predicted molar refractivity (Wildman–Crippen MR) is 76.4 cm³/mol. The number of rotatable bonds is 1. The molecule has 0 spiro atoms. The molecule has 3 rings (SSSR count). The molecule has 0 aromatic heterocycles. The zero-order chi connectivity index (χ0) is 16.8. The lowest BCUT2D eigenvalue weighted by Gasteiger charge is -2.37. The number of carbonyl (C=O) groups is 2. The first-order valence-electron chi connectivity index (χ1n) is 7.27. The van der Waals surface area contributed by atoms with Gasteiger partial charge in [-0.3, -0.25) is 4.79 Å². The van der Waals surface area contributed by atoms with Gasteiger partial charge in [-0.1, -0.05) is 18.2 Å². The minimum Gasteiger partial charge on any atom is -0.327 e. The second kappa shape index (κ2) is 5.40. The topological polar surface area (TPSA) is 49.4 Å². The summed E-state index contributed by atoms with van der Waals surface area (Å²) in [5.41, 5.74) is -0.133. The highest BCUT2D eigenvalue weighted by molar-refractivity contribution is 6.01. The highest BCUT2D eigenvalue weighted by atomic mass is 19.4. The van der Waals surface area contributed by atoms with Crippen LogP contribution in [-0.2, 0) is 11.0 Å². The molecule has 0 fully saturated rings. The van der Waals surface area contributed by atoms with Crippen LogP contribution in [0, 0.1) is 0 Å². The quantitative estimate of drug-likeness (QED) is 0.860. The number of nitrogens with zero attached hydrogens (tertiary/aromatic N) is 1. The molecule has 1 atom stereocenters. The van der Waals surface area contributed by atoms with Gasteiger partial charge in [0, 0.05) is 24.7 Å². The SMILES string of the molecule is CN1C(=O)NC(c2ccccc2C(F)(F)F)C2=C1CCCC2=O. The molecule has 1 aliphatic carbocycles. The van der Waals surface area contributed by atoms with E-state index < -0.39 is 23.8 Å². The van der Waals surface area contributed by atoms with Crippen LogP contribution in [0.15, 0.2) is 35.5 Å². The van der Waals surface area contributed by atoms with Crippen molar-refractivity contribution in [2.24, 2.45) is 0 Å². The first kappa shape index (κ1) is 15.6. The number of nitrogens with one attached hydrogen (secondary N) is 1. The van der Waals surface area contributed by atoms with Crippen molar-refractivity contribution in [3.63, 3.8) is 0 Å². The summed E-state index contributed by atoms with van der Waals surface area (Å²) < 4.78 is 39.8. The Morgan fingerprint density at radius 1 is 1.17 bits per heavy atom. The average Bonchev–Trinajstić information content (AvgIpc) is 2.50. The van der Waals surface area contributed by atoms with Gasteiger partial charge >= 0.3 is 12.2 Å². The lowest BCUT2D eigenvalue weighted by atomic mass is 9.83. The maximum atomic E-state index is 13.3. The molecule has 2 amide bonds. The van der Waals surface area contributed by atoms with E-state index in [-0.39, 0.29) is 23.3 Å². The molecule has 0 saturated heterocycles. The third-order valence-corrected chi connectivity index (χ3v) is 4.27. The molecule has 1 aromatic rings. The number of halogens is 3. The zero-order valence-electron chi connectivity index (χ0n) is 12.4. The zero-order valence-corrected chi connectivity index (χ0v) is 12.4. The van der Waals surface area contributed by atoms with Gasteiger partial charge < -0.3 is 10.2 Å². The van der Waals surface area contributed by atoms with E-state index >= 15 is 0 Å². The van der Waals surface area contributed by atoms with Crippen molar-refractivity contribution in [3.05, 3.63) is 46.7 Å². The lowest BCUT2D eigenvalue weighted by Crippen LogP contribution is -2.47. The summed E-state index contributed by atoms with van der Waals surface area (Å²) in [6, 6.07) is 3.49. The summed E-state index contributed by atoms with van der Waals surface area (Å²) in [6.45, 7) is 0. The minimum absolute atomic E-state index is 0.0933. The number of benzene rings is 1. The number of hydrogen-bond acceptors (Lipinski definition) is 2. The number of allylic oxidation sites excluding steroid dienone is 1. The Bertz CT molecular complexity index is 710. The van der Waals surface area contributed by atoms with Crippen molar-refractivity contribution in [1.82, 2.24) is 10.2 Å². The van der Waals surface area contributed by atoms with E-state index in [1.807, 2.05) is 0 Å². The van der Waals surface area contributed by atoms with Crippen LogP contribution in [0.25, 0.3) is 0 Å². The van der Waals surface area contributed by atoms with Crippen molar-refractivity contribution in [1.29, 1.82) is 0 Å². The third kappa shape index (κ3) is 2.60. The summed E-state index contributed by atoms with van der Waals surface area (Å²) in [4.78, 5) is 25.7. The Morgan fingerprint density at radius 2 is 1.87 bits per heavy atom. The maximum Gasteiger partial charge on any atom is 0.416 e. The third-order valence-electron chi connectivity index (χ3n) is 4.27. The van der Waals surface area contributed by atoms with Crippen molar-refractivity contribution in [2.45, 2.75) is 31.5 Å². The second-order valence-electron chi connectivity index (χ2n) is 5.66. The maximum absolute atomic E-state index is 13.3. The van der Waals surface area contributed by atoms with Gasteiger partial charge in [0.05, 0.1) is 11.6 Å². The first-order valence-corrected chi connectivity index (χ1v) is 7.27. The largest absolute Gasteiger partial charge is 0.416 e. The van der Waals surface area contributed by atoms with Gasteiger partial charge in [0.25, 0.3) is 0 Å². The van der Waals surface area contributed by atoms with E-state index in [1.54, 1.807) is 0 Å². The average molecular weight is 324 g/mol. The van der Waals surface area contributed by atoms with Gasteiger partial charge in [-0.05, 0) is 24.5 Å². The molecule has 23 heavy (non-hydrogen) atoms. The van der Waals surface area contributed by atoms with Crippen LogP contribution in [0.4, 0.5) is 18.0 Å². The summed E-state index contributed by atoms with van der Waals surface area (Å²) in [5, 5.41) is 2.53. The van der Waals surface area contributed by atoms with Gasteiger partial charge in [0.2, 0.25) is 0 Å². The number of alkyl halides is 3. The highest BCUT2D eigenvalue weighted by Crippen LogP contribution is 2.41. The van der Waals surface area contributed by atoms with Crippen LogP contribution >= 0.6 is 0 Å². The molecular formula is C16H15F3N2O2. The van der Waals surface area contributed by atoms with E-state index in [0.717, 1.165) is 6.07 Å². The van der Waals surface area contributed by atoms with Crippen LogP contribution in [0.1, 0.15) is 36.4 Å². The molecule has 1 aromatic carbocycles. The van der Waals surface area contributed by atoms with Crippen molar-refractivity contribution in [2.75, 3.05) is 7.05 Å². The van der Waals surface area contributed by atoms with Crippen LogP contribution in [0.2, 0.25) is 0 Å². The number of Topliss-reactive ketones (excluding diaryl/α,β-unsaturated/α-hetero) is 1. The Hall–Kier alpha value is -2.31. The fraction of sp³-hybridized carbons (Fsp3) is 0.375. The van der Waals surface area contributed by atoms with Crippen LogP contribution in [0.5, 0.6) is 0 Å². The summed E-state index contributed by atoms with van der Waals surface area (Å²) in [6.07, 6.45) is -3.16. The van der Waals surface area contributed by atoms with Gasteiger partial charge in [-0.15, -0.1) is 0 Å². The van der Waals surface area contributed by atoms with E-state index in [9.17, 15) is 22.8 Å². The standard InChI is InChI=1S/C16H15F3N2O2/c1-21-11-7-4-8-12(22)13(11)14(20-15(21)23)9-5-2-3-6-10(9)16(17,18)19/h2-3,5-6,14H,4,7-8H2,1H3,(H,20,23). The number of amides is 2. The van der Waals surface area contributed by atoms with E-state index in [0.29, 0.717) is 18.5 Å². The second-order valence-corrected chi connectivity index (χ2v) is 5.66. The Kier molecular flexibility index (Phi) is 3.66. The monoisotopic (exact) mass is 324 g/mol. The van der Waals surface area contributed by atoms with Gasteiger partial charge in [-0.2, -0.15) is 13.2 Å². The normalized spacial score (nSPS) is 22.1. The summed E-state index contributed by atoms with van der Waals surface area (Å²) >= 11 is 0. The van der Waals surface area contributed by atoms with Gasteiger partial charge in [0.1, 0.15) is 0 Å². The minimum atomic E-state index is -4.55. The number of urea groups is 1. The summed E-state index contributed by atoms with van der Waals surface area (Å²) in [5.74, 6) is -0.208. The van der Waals surface area contributed by atoms with Crippen molar-refractivity contribution in [3.8, 4) is 0 Å². The Labute approximate surface area is 131 Å². The molecule has 122 valence electrons. The highest BCUT2D eigenvalue weighted by Gasteiger charge is 2.41. The van der Waals surface area contributed by atoms with Crippen LogP contribution < -0.4 is 5.32 Å². The number of ketones is 1. The smallest absolute Gasteiger partial charge is 0.327 e. The Balaban J connectivity index is 2.18. The van der Waals surface area contributed by atoms with E-state index in [2.05, 4.69) is 5.32 Å². The molecule has 1 heterocycles. The first-order chi connectivity index (χ1) is 10.8. The molecule has 1 N–H and O–H groups in total. The molecule has 7 heteroatoms. The van der Waals surface area contributed by atoms with E-state index in [1.165, 1.54) is 30.1 Å². The molecule has 4 nitrogen and oxygen atoms in total. The molecule has 0 saturated carbocycles. The molecule has 2 aliphatic rings. The predicted octanol–water partition coefficient (Wildman–Crippen LogP) is 3.41. The molecule has 1 unspecified atom stereocenters. The van der Waals surface area contributed by atoms with E-state index in [4.69, 9.17) is 0 Å². The van der Waals surface area contributed by atoms with Gasteiger partial charge in [0.15, 0.2) is 5.78 Å². The molecular weight excluding hydrogens is 309 g/mol. The lowest BCUT2D eigenvalue weighted by molar-refractivity contribution is -0.138. The molecule has 0 bridgehead atoms. The number of hydrogen-bond donors (Lipinski definition) is 1. The molecule has 1 aliphatic heterocycles. The van der Waals surface area contributed by atoms with Crippen LogP contribution in [-0.4, -0.2) is 23.8 Å². The Morgan fingerprint density at radius 3 is 2.57 bits per heavy atom. The molecule has 0 radical (unpaired) electrons. The fourth-order valence-corrected chi connectivity index (χ4v) is 3.18. The van der Waals surface area contributed by atoms with Crippen LogP contribution in [0.3, 0.4) is 0 Å². The number of carbonyl (C=O) groups excluding carboxylic acids is 2.